The van der Waals surface area contributed by atoms with Crippen LogP contribution >= 0.6 is 0 Å². The molecule has 1 aliphatic rings. The van der Waals surface area contributed by atoms with Crippen molar-refractivity contribution < 1.29 is 9.53 Å². The highest BCUT2D eigenvalue weighted by Crippen LogP contribution is 2.16. The second-order valence-corrected chi connectivity index (χ2v) is 6.40. The molecule has 6 heteroatoms. The molecule has 1 amide bonds. The van der Waals surface area contributed by atoms with E-state index in [4.69, 9.17) is 4.74 Å². The molecular formula is C19H26N4O2. The summed E-state index contributed by atoms with van der Waals surface area (Å²) in [6.07, 6.45) is 4.90. The first-order valence-electron chi connectivity index (χ1n) is 8.96. The number of ether oxygens (including phenoxy) is 1. The largest absolute Gasteiger partial charge is 0.493 e. The van der Waals surface area contributed by atoms with Crippen LogP contribution in [0.1, 0.15) is 41.4 Å². The summed E-state index contributed by atoms with van der Waals surface area (Å²) < 4.78 is 7.63. The van der Waals surface area contributed by atoms with Crippen LogP contribution in [0.4, 0.5) is 0 Å². The Morgan fingerprint density at radius 2 is 2.28 bits per heavy atom. The molecule has 1 unspecified atom stereocenters. The summed E-state index contributed by atoms with van der Waals surface area (Å²) in [5.41, 5.74) is 1.60. The fraction of sp³-hybridized carbons (Fsp3) is 0.474. The summed E-state index contributed by atoms with van der Waals surface area (Å²) in [4.78, 5) is 12.2. The van der Waals surface area contributed by atoms with E-state index in [1.165, 1.54) is 0 Å². The lowest BCUT2D eigenvalue weighted by Gasteiger charge is -2.22. The van der Waals surface area contributed by atoms with Gasteiger partial charge in [0.15, 0.2) is 0 Å². The van der Waals surface area contributed by atoms with Gasteiger partial charge in [-0.05, 0) is 50.4 Å². The maximum absolute atomic E-state index is 12.2. The van der Waals surface area contributed by atoms with E-state index in [0.29, 0.717) is 24.9 Å². The number of aryl methyl sites for hydroxylation is 1. The number of hydrogen-bond donors (Lipinski definition) is 2. The second-order valence-electron chi connectivity index (χ2n) is 6.40. The zero-order valence-corrected chi connectivity index (χ0v) is 14.7. The van der Waals surface area contributed by atoms with Gasteiger partial charge in [-0.15, -0.1) is 0 Å². The lowest BCUT2D eigenvalue weighted by molar-refractivity contribution is 0.0945. The third kappa shape index (κ3) is 4.82. The zero-order valence-electron chi connectivity index (χ0n) is 14.7. The Balaban J connectivity index is 1.39. The molecule has 1 atom stereocenters. The summed E-state index contributed by atoms with van der Waals surface area (Å²) in [6.45, 7) is 5.15. The van der Waals surface area contributed by atoms with Crippen LogP contribution in [0.2, 0.25) is 0 Å². The first-order valence-corrected chi connectivity index (χ1v) is 8.96. The van der Waals surface area contributed by atoms with Crippen LogP contribution in [0.15, 0.2) is 36.5 Å². The van der Waals surface area contributed by atoms with Crippen LogP contribution in [-0.2, 0) is 0 Å². The van der Waals surface area contributed by atoms with Crippen LogP contribution in [-0.4, -0.2) is 41.9 Å². The Labute approximate surface area is 148 Å². The molecule has 134 valence electrons. The van der Waals surface area contributed by atoms with Crippen molar-refractivity contribution in [3.05, 3.63) is 47.8 Å². The van der Waals surface area contributed by atoms with Crippen molar-refractivity contribution in [1.29, 1.82) is 0 Å². The number of piperidine rings is 1. The molecular weight excluding hydrogens is 316 g/mol. The van der Waals surface area contributed by atoms with Gasteiger partial charge in [-0.3, -0.25) is 9.48 Å². The van der Waals surface area contributed by atoms with E-state index in [-0.39, 0.29) is 5.91 Å². The lowest BCUT2D eigenvalue weighted by Crippen LogP contribution is -2.32. The summed E-state index contributed by atoms with van der Waals surface area (Å²) in [6, 6.07) is 10.1. The van der Waals surface area contributed by atoms with E-state index in [1.54, 1.807) is 6.07 Å². The highest BCUT2D eigenvalue weighted by Gasteiger charge is 2.17. The molecule has 0 saturated carbocycles. The van der Waals surface area contributed by atoms with Gasteiger partial charge in [0.25, 0.3) is 5.91 Å². The highest BCUT2D eigenvalue weighted by atomic mass is 16.5. The molecule has 1 aromatic carbocycles. The number of amides is 1. The smallest absolute Gasteiger partial charge is 0.271 e. The minimum atomic E-state index is -0.126. The van der Waals surface area contributed by atoms with Crippen LogP contribution < -0.4 is 15.4 Å². The second kappa shape index (κ2) is 8.67. The number of nitrogens with one attached hydrogen (secondary N) is 2. The summed E-state index contributed by atoms with van der Waals surface area (Å²) in [7, 11) is 0. The molecule has 3 rings (SSSR count). The fourth-order valence-corrected chi connectivity index (χ4v) is 2.99. The first kappa shape index (κ1) is 17.5. The van der Waals surface area contributed by atoms with E-state index >= 15 is 0 Å². The molecule has 2 heterocycles. The molecule has 0 spiro atoms. The first-order chi connectivity index (χ1) is 12.2. The van der Waals surface area contributed by atoms with E-state index in [9.17, 15) is 4.79 Å². The van der Waals surface area contributed by atoms with Gasteiger partial charge in [-0.2, -0.15) is 5.10 Å². The minimum Gasteiger partial charge on any atom is -0.493 e. The molecule has 2 N–H and O–H groups in total. The number of carbonyl (C=O) groups is 1. The van der Waals surface area contributed by atoms with Crippen LogP contribution in [0.5, 0.6) is 5.75 Å². The van der Waals surface area contributed by atoms with Gasteiger partial charge in [-0.25, -0.2) is 0 Å². The Morgan fingerprint density at radius 3 is 3.08 bits per heavy atom. The Hall–Kier alpha value is -2.34. The standard InChI is InChI=1S/C19H26N4O2/c1-15-6-2-3-8-18(15)25-13-5-11-21-19(24)17-9-12-23(22-17)16-7-4-10-20-14-16/h2-3,6,8-9,12,16,20H,4-5,7,10-11,13-14H2,1H3,(H,21,24). The number of rotatable bonds is 7. The Kier molecular flexibility index (Phi) is 6.06. The van der Waals surface area contributed by atoms with Crippen molar-refractivity contribution in [3.63, 3.8) is 0 Å². The van der Waals surface area contributed by atoms with Crippen LogP contribution in [0, 0.1) is 6.92 Å². The summed E-state index contributed by atoms with van der Waals surface area (Å²) in [5.74, 6) is 0.770. The van der Waals surface area contributed by atoms with E-state index < -0.39 is 0 Å². The van der Waals surface area contributed by atoms with Crippen molar-refractivity contribution in [2.75, 3.05) is 26.2 Å². The van der Waals surface area contributed by atoms with Crippen molar-refractivity contribution >= 4 is 5.91 Å². The molecule has 0 bridgehead atoms. The van der Waals surface area contributed by atoms with E-state index in [1.807, 2.05) is 42.1 Å². The number of nitrogens with zero attached hydrogens (tertiary/aromatic N) is 2. The maximum atomic E-state index is 12.2. The maximum Gasteiger partial charge on any atom is 0.271 e. The van der Waals surface area contributed by atoms with Crippen LogP contribution in [0.3, 0.4) is 0 Å². The molecule has 1 saturated heterocycles. The van der Waals surface area contributed by atoms with Crippen molar-refractivity contribution in [2.45, 2.75) is 32.2 Å². The SMILES string of the molecule is Cc1ccccc1OCCCNC(=O)c1ccn(C2CCCNC2)n1. The van der Waals surface area contributed by atoms with E-state index in [2.05, 4.69) is 15.7 Å². The molecule has 1 aromatic heterocycles. The molecule has 1 fully saturated rings. The summed E-state index contributed by atoms with van der Waals surface area (Å²) in [5, 5.41) is 10.7. The zero-order chi connectivity index (χ0) is 17.5. The average molecular weight is 342 g/mol. The van der Waals surface area contributed by atoms with Crippen LogP contribution in [0.25, 0.3) is 0 Å². The molecule has 0 radical (unpaired) electrons. The molecule has 25 heavy (non-hydrogen) atoms. The number of para-hydroxylation sites is 1. The molecule has 2 aromatic rings. The lowest BCUT2D eigenvalue weighted by atomic mass is 10.1. The summed E-state index contributed by atoms with van der Waals surface area (Å²) >= 11 is 0. The highest BCUT2D eigenvalue weighted by molar-refractivity contribution is 5.92. The van der Waals surface area contributed by atoms with Gasteiger partial charge in [-0.1, -0.05) is 18.2 Å². The third-order valence-corrected chi connectivity index (χ3v) is 4.44. The predicted molar refractivity (Wildman–Crippen MR) is 97.0 cm³/mol. The Morgan fingerprint density at radius 1 is 1.40 bits per heavy atom. The van der Waals surface area contributed by atoms with Gasteiger partial charge in [0.05, 0.1) is 12.6 Å². The van der Waals surface area contributed by atoms with Gasteiger partial charge in [0.2, 0.25) is 0 Å². The predicted octanol–water partition coefficient (Wildman–Crippen LogP) is 2.31. The molecule has 6 nitrogen and oxygen atoms in total. The number of aromatic nitrogens is 2. The quantitative estimate of drug-likeness (QED) is 0.758. The fourth-order valence-electron chi connectivity index (χ4n) is 2.99. The van der Waals surface area contributed by atoms with Crippen molar-refractivity contribution in [1.82, 2.24) is 20.4 Å². The number of carbonyl (C=O) groups excluding carboxylic acids is 1. The van der Waals surface area contributed by atoms with E-state index in [0.717, 1.165) is 43.7 Å². The number of benzene rings is 1. The normalized spacial score (nSPS) is 17.2. The van der Waals surface area contributed by atoms with Gasteiger partial charge in [0.1, 0.15) is 11.4 Å². The van der Waals surface area contributed by atoms with Gasteiger partial charge in [0, 0.05) is 19.3 Å². The topological polar surface area (TPSA) is 68.2 Å². The molecule has 0 aliphatic carbocycles. The molecule has 1 aliphatic heterocycles. The minimum absolute atomic E-state index is 0.126. The average Bonchev–Trinajstić information content (AvgIpc) is 3.14. The number of hydrogen-bond acceptors (Lipinski definition) is 4. The Bertz CT molecular complexity index is 692. The third-order valence-electron chi connectivity index (χ3n) is 4.44. The van der Waals surface area contributed by atoms with Crippen molar-refractivity contribution in [3.8, 4) is 5.75 Å². The monoisotopic (exact) mass is 342 g/mol. The van der Waals surface area contributed by atoms with Gasteiger partial charge >= 0.3 is 0 Å². The van der Waals surface area contributed by atoms with Gasteiger partial charge < -0.3 is 15.4 Å². The van der Waals surface area contributed by atoms with Crippen molar-refractivity contribution in [2.24, 2.45) is 0 Å².